The number of allylic oxidation sites excluding steroid dienone is 5. The number of para-hydroxylation sites is 1. The van der Waals surface area contributed by atoms with E-state index < -0.39 is 0 Å². The van der Waals surface area contributed by atoms with E-state index >= 15 is 0 Å². The van der Waals surface area contributed by atoms with Crippen LogP contribution in [0.1, 0.15) is 22.3 Å². The number of anilines is 4. The molecule has 0 amide bonds. The molecule has 4 nitrogen and oxygen atoms in total. The summed E-state index contributed by atoms with van der Waals surface area (Å²) in [6, 6.07) is 56.7. The lowest BCUT2D eigenvalue weighted by Gasteiger charge is -2.32. The zero-order valence-corrected chi connectivity index (χ0v) is 34.2. The summed E-state index contributed by atoms with van der Waals surface area (Å²) in [7, 11) is 0. The van der Waals surface area contributed by atoms with Gasteiger partial charge in [-0.1, -0.05) is 142 Å². The fourth-order valence-corrected chi connectivity index (χ4v) is 8.66. The average Bonchev–Trinajstić information content (AvgIpc) is 3.31. The second-order valence-corrected chi connectivity index (χ2v) is 15.2. The average molecular weight is 799 g/mol. The first-order chi connectivity index (χ1) is 30.5. The summed E-state index contributed by atoms with van der Waals surface area (Å²) < 4.78 is 13.4. The van der Waals surface area contributed by atoms with Gasteiger partial charge in [0.25, 0.3) is 0 Å². The highest BCUT2D eigenvalue weighted by molar-refractivity contribution is 6.14. The summed E-state index contributed by atoms with van der Waals surface area (Å²) in [6.45, 7) is 17.1. The Morgan fingerprint density at radius 1 is 0.516 bits per heavy atom. The topological polar surface area (TPSA) is 24.9 Å². The molecule has 0 spiro atoms. The number of hydrogen-bond donors (Lipinski definition) is 0. The first kappa shape index (κ1) is 37.9. The van der Waals surface area contributed by atoms with Crippen molar-refractivity contribution in [3.63, 3.8) is 0 Å². The molecule has 0 N–H and O–H groups in total. The molecule has 4 heteroatoms. The van der Waals surface area contributed by atoms with Gasteiger partial charge in [0.05, 0.1) is 5.69 Å². The number of benzene rings is 8. The minimum atomic E-state index is 0.538. The minimum Gasteiger partial charge on any atom is -0.457 e. The molecule has 2 heterocycles. The Labute approximate surface area is 362 Å². The summed E-state index contributed by atoms with van der Waals surface area (Å²) >= 11 is 0. The second-order valence-electron chi connectivity index (χ2n) is 15.2. The highest BCUT2D eigenvalue weighted by Gasteiger charge is 2.32. The highest BCUT2D eigenvalue weighted by atomic mass is 16.5. The van der Waals surface area contributed by atoms with Crippen LogP contribution in [0, 0.1) is 0 Å². The SMILES string of the molecule is C=C/C=C(\C=C)N(c1ccccc1)c1ccc2c(c1)Oc1ccc3c(c1C2=C)C(=C)Oc1cc(N(/C=C/C=C\c2ccccc2)c2cc4ccccc4c4ccccc24)ccc1-3. The van der Waals surface area contributed by atoms with Crippen molar-refractivity contribution in [1.29, 1.82) is 0 Å². The van der Waals surface area contributed by atoms with Crippen LogP contribution in [-0.2, 0) is 0 Å². The maximum absolute atomic E-state index is 6.72. The number of fused-ring (bicyclic) bond motifs is 9. The summed E-state index contributed by atoms with van der Waals surface area (Å²) in [5.74, 6) is 2.67. The Kier molecular flexibility index (Phi) is 9.79. The standard InChI is InChI=1S/C58H42N2O2/c1-5-19-43(6-2)60(44-24-11-8-12-25-44)46-30-31-47-39(3)57-54(62-55(47)38-46)34-33-52-51-32-29-45(37-56(51)61-40(4)58(52)57)59(35-18-17-22-41-20-9-7-10-21-41)53-36-42-23-13-14-26-48(42)49-27-15-16-28-50(49)53/h5-38H,1-4H2/b22-17-,35-18+,43-19+. The third-order valence-electron chi connectivity index (χ3n) is 11.5. The van der Waals surface area contributed by atoms with Gasteiger partial charge in [-0.3, -0.25) is 0 Å². The summed E-state index contributed by atoms with van der Waals surface area (Å²) in [4.78, 5) is 4.37. The highest BCUT2D eigenvalue weighted by Crippen LogP contribution is 2.53. The lowest BCUT2D eigenvalue weighted by molar-refractivity contribution is 0.471. The summed E-state index contributed by atoms with van der Waals surface area (Å²) in [5.41, 5.74) is 11.4. The second kappa shape index (κ2) is 16.0. The van der Waals surface area contributed by atoms with Crippen molar-refractivity contribution in [2.45, 2.75) is 0 Å². The molecule has 8 aromatic rings. The van der Waals surface area contributed by atoms with Crippen molar-refractivity contribution in [1.82, 2.24) is 0 Å². The fraction of sp³-hybridized carbons (Fsp3) is 0. The van der Waals surface area contributed by atoms with E-state index in [2.05, 4.69) is 182 Å². The van der Waals surface area contributed by atoms with Gasteiger partial charge in [-0.15, -0.1) is 0 Å². The van der Waals surface area contributed by atoms with Gasteiger partial charge in [-0.05, 0) is 106 Å². The van der Waals surface area contributed by atoms with Crippen molar-refractivity contribution >= 4 is 61.7 Å². The van der Waals surface area contributed by atoms with E-state index in [9.17, 15) is 0 Å². The van der Waals surface area contributed by atoms with E-state index in [0.29, 0.717) is 17.3 Å². The molecule has 0 fully saturated rings. The molecular weight excluding hydrogens is 757 g/mol. The van der Waals surface area contributed by atoms with Crippen molar-refractivity contribution in [3.8, 4) is 28.4 Å². The van der Waals surface area contributed by atoms with Crippen molar-refractivity contribution in [2.75, 3.05) is 9.80 Å². The van der Waals surface area contributed by atoms with E-state index in [-0.39, 0.29) is 0 Å². The van der Waals surface area contributed by atoms with Crippen molar-refractivity contribution in [3.05, 3.63) is 255 Å². The molecule has 62 heavy (non-hydrogen) atoms. The van der Waals surface area contributed by atoms with Crippen LogP contribution in [0.25, 0.3) is 50.1 Å². The zero-order valence-electron chi connectivity index (χ0n) is 34.2. The molecule has 0 bridgehead atoms. The van der Waals surface area contributed by atoms with Gasteiger partial charge in [0.2, 0.25) is 0 Å². The van der Waals surface area contributed by atoms with Crippen LogP contribution in [-0.4, -0.2) is 0 Å². The number of ether oxygens (including phenoxy) is 2. The lowest BCUT2D eigenvalue weighted by atomic mass is 9.85. The van der Waals surface area contributed by atoms with Crippen LogP contribution in [0.2, 0.25) is 0 Å². The Balaban J connectivity index is 1.04. The fourth-order valence-electron chi connectivity index (χ4n) is 8.66. The van der Waals surface area contributed by atoms with Gasteiger partial charge in [-0.2, -0.15) is 0 Å². The molecule has 8 aromatic carbocycles. The molecule has 10 rings (SSSR count). The lowest BCUT2D eigenvalue weighted by Crippen LogP contribution is -2.16. The van der Waals surface area contributed by atoms with Crippen LogP contribution in [0.3, 0.4) is 0 Å². The van der Waals surface area contributed by atoms with Crippen LogP contribution >= 0.6 is 0 Å². The predicted octanol–water partition coefficient (Wildman–Crippen LogP) is 15.9. The molecular formula is C58H42N2O2. The maximum atomic E-state index is 6.72. The molecule has 0 unspecified atom stereocenters. The Morgan fingerprint density at radius 2 is 1.18 bits per heavy atom. The van der Waals surface area contributed by atoms with E-state index in [0.717, 1.165) is 78.5 Å². The molecule has 2 aliphatic rings. The normalized spacial score (nSPS) is 12.9. The van der Waals surface area contributed by atoms with Gasteiger partial charge in [0.1, 0.15) is 23.0 Å². The largest absolute Gasteiger partial charge is 0.457 e. The first-order valence-electron chi connectivity index (χ1n) is 20.6. The Morgan fingerprint density at radius 3 is 1.97 bits per heavy atom. The van der Waals surface area contributed by atoms with Crippen molar-refractivity contribution < 1.29 is 9.47 Å². The monoisotopic (exact) mass is 798 g/mol. The van der Waals surface area contributed by atoms with E-state index in [4.69, 9.17) is 9.47 Å². The molecule has 0 radical (unpaired) electrons. The molecule has 0 aliphatic carbocycles. The maximum Gasteiger partial charge on any atom is 0.137 e. The zero-order chi connectivity index (χ0) is 42.2. The van der Waals surface area contributed by atoms with Crippen LogP contribution in [0.15, 0.2) is 232 Å². The third-order valence-corrected chi connectivity index (χ3v) is 11.5. The first-order valence-corrected chi connectivity index (χ1v) is 20.6. The molecule has 0 aromatic heterocycles. The van der Waals surface area contributed by atoms with Crippen LogP contribution in [0.5, 0.6) is 17.2 Å². The van der Waals surface area contributed by atoms with Crippen LogP contribution < -0.4 is 19.3 Å². The van der Waals surface area contributed by atoms with E-state index in [1.165, 1.54) is 16.2 Å². The van der Waals surface area contributed by atoms with E-state index in [1.54, 1.807) is 6.08 Å². The molecule has 0 saturated carbocycles. The van der Waals surface area contributed by atoms with Gasteiger partial charge < -0.3 is 19.3 Å². The Bertz CT molecular complexity index is 3210. The molecule has 0 atom stereocenters. The quantitative estimate of drug-likeness (QED) is 0.102. The number of rotatable bonds is 10. The van der Waals surface area contributed by atoms with Gasteiger partial charge >= 0.3 is 0 Å². The summed E-state index contributed by atoms with van der Waals surface area (Å²) in [5, 5.41) is 4.73. The smallest absolute Gasteiger partial charge is 0.137 e. The van der Waals surface area contributed by atoms with Crippen LogP contribution in [0.4, 0.5) is 22.7 Å². The van der Waals surface area contributed by atoms with Crippen molar-refractivity contribution in [2.24, 2.45) is 0 Å². The van der Waals surface area contributed by atoms with Gasteiger partial charge in [-0.25, -0.2) is 0 Å². The predicted molar refractivity (Wildman–Crippen MR) is 261 cm³/mol. The minimum absolute atomic E-state index is 0.538. The molecule has 296 valence electrons. The van der Waals surface area contributed by atoms with E-state index in [1.807, 2.05) is 54.6 Å². The number of nitrogens with zero attached hydrogens (tertiary/aromatic N) is 2. The molecule has 2 aliphatic heterocycles. The third kappa shape index (κ3) is 6.70. The van der Waals surface area contributed by atoms with Gasteiger partial charge in [0, 0.05) is 68.7 Å². The van der Waals surface area contributed by atoms with Gasteiger partial charge in [0.15, 0.2) is 0 Å². The number of hydrogen-bond acceptors (Lipinski definition) is 4. The molecule has 0 saturated heterocycles. The Hall–Kier alpha value is -8.34. The summed E-state index contributed by atoms with van der Waals surface area (Å²) in [6.07, 6.45) is 13.9.